The monoisotopic (exact) mass is 367 g/mol. The lowest BCUT2D eigenvalue weighted by Gasteiger charge is -2.55. The van der Waals surface area contributed by atoms with Gasteiger partial charge in [0.2, 0.25) is 0 Å². The number of carbonyl (C=O) groups is 1. The van der Waals surface area contributed by atoms with Crippen molar-refractivity contribution in [3.63, 3.8) is 0 Å². The summed E-state index contributed by atoms with van der Waals surface area (Å²) in [5.41, 5.74) is 3.30. The Morgan fingerprint density at radius 1 is 1.11 bits per heavy atom. The van der Waals surface area contributed by atoms with Crippen LogP contribution in [0.3, 0.4) is 0 Å². The summed E-state index contributed by atoms with van der Waals surface area (Å²) in [6.07, 6.45) is 3.05. The van der Waals surface area contributed by atoms with Crippen LogP contribution in [0.1, 0.15) is 37.0 Å². The summed E-state index contributed by atoms with van der Waals surface area (Å²) in [5.74, 6) is -0.255. The van der Waals surface area contributed by atoms with E-state index < -0.39 is 0 Å². The molecule has 2 aromatic carbocycles. The zero-order chi connectivity index (χ0) is 18.4. The first kappa shape index (κ1) is 16.8. The molecule has 4 nitrogen and oxygen atoms in total. The number of halogens is 1. The van der Waals surface area contributed by atoms with Crippen LogP contribution in [0.15, 0.2) is 48.5 Å². The van der Waals surface area contributed by atoms with Gasteiger partial charge < -0.3 is 10.2 Å². The van der Waals surface area contributed by atoms with Gasteiger partial charge in [0.25, 0.3) is 0 Å². The molecule has 0 spiro atoms. The van der Waals surface area contributed by atoms with E-state index in [1.807, 2.05) is 17.0 Å². The summed E-state index contributed by atoms with van der Waals surface area (Å²) in [6.45, 7) is 3.74. The van der Waals surface area contributed by atoms with Crippen molar-refractivity contribution in [2.24, 2.45) is 0 Å². The van der Waals surface area contributed by atoms with Crippen molar-refractivity contribution in [3.05, 3.63) is 71.0 Å². The van der Waals surface area contributed by atoms with Crippen molar-refractivity contribution in [2.75, 3.05) is 26.2 Å². The number of hydrogen-bond donors (Lipinski definition) is 1. The third kappa shape index (κ3) is 2.90. The number of carbonyl (C=O) groups excluding carboxylic acids is 1. The van der Waals surface area contributed by atoms with Gasteiger partial charge in [0.05, 0.1) is 11.6 Å². The Bertz CT molecular complexity index is 861. The van der Waals surface area contributed by atoms with E-state index in [1.165, 1.54) is 17.7 Å². The summed E-state index contributed by atoms with van der Waals surface area (Å²) in [4.78, 5) is 17.6. The average molecular weight is 367 g/mol. The molecule has 4 aliphatic heterocycles. The molecule has 2 amide bonds. The summed E-state index contributed by atoms with van der Waals surface area (Å²) >= 11 is 0. The second kappa shape index (κ2) is 6.34. The molecule has 1 N–H and O–H groups in total. The van der Waals surface area contributed by atoms with Crippen molar-refractivity contribution in [2.45, 2.75) is 30.8 Å². The molecule has 3 fully saturated rings. The summed E-state index contributed by atoms with van der Waals surface area (Å²) < 4.78 is 13.5. The van der Waals surface area contributed by atoms with Gasteiger partial charge in [0.1, 0.15) is 5.82 Å². The SMILES string of the molecule is O=C(NC12CCCN(C1)C2)N1CCc2ccccc2[C@@H]1c1ccc(F)cc1.[HH]. The fourth-order valence-electron chi connectivity index (χ4n) is 5.00. The first-order valence-corrected chi connectivity index (χ1v) is 9.78. The van der Waals surface area contributed by atoms with Gasteiger partial charge in [-0.25, -0.2) is 9.18 Å². The molecule has 27 heavy (non-hydrogen) atoms. The van der Waals surface area contributed by atoms with Crippen LogP contribution in [0.5, 0.6) is 0 Å². The van der Waals surface area contributed by atoms with Crippen molar-refractivity contribution in [1.82, 2.24) is 15.1 Å². The molecular weight excluding hydrogens is 341 g/mol. The number of nitrogens with one attached hydrogen (secondary N) is 1. The highest BCUT2D eigenvalue weighted by atomic mass is 19.1. The van der Waals surface area contributed by atoms with Gasteiger partial charge in [-0.2, -0.15) is 0 Å². The Hall–Kier alpha value is -2.40. The minimum atomic E-state index is -0.255. The second-order valence-corrected chi connectivity index (χ2v) is 8.12. The van der Waals surface area contributed by atoms with Crippen molar-refractivity contribution >= 4 is 6.03 Å². The van der Waals surface area contributed by atoms with E-state index in [0.29, 0.717) is 6.54 Å². The van der Waals surface area contributed by atoms with Crippen LogP contribution in [-0.2, 0) is 6.42 Å². The first-order chi connectivity index (χ1) is 13.1. The number of piperidine rings is 2. The number of nitrogens with zero attached hydrogens (tertiary/aromatic N) is 2. The fourth-order valence-corrected chi connectivity index (χ4v) is 5.00. The standard InChI is InChI=1S/C22H24FN3O.H2/c23-18-8-6-17(7-9-18)20-19-5-2-1-4-16(19)10-13-26(20)21(27)24-22-11-3-12-25(14-22)15-22;/h1-2,4-9,20H,3,10-15H2,(H,24,27);1H/t20-;/m0./s1. The lowest BCUT2D eigenvalue weighted by Crippen LogP contribution is -2.74. The summed E-state index contributed by atoms with van der Waals surface area (Å²) in [6, 6.07) is 14.7. The predicted octanol–water partition coefficient (Wildman–Crippen LogP) is 3.58. The smallest absolute Gasteiger partial charge is 0.318 e. The van der Waals surface area contributed by atoms with E-state index in [4.69, 9.17) is 0 Å². The average Bonchev–Trinajstić information content (AvgIpc) is 2.67. The third-order valence-electron chi connectivity index (χ3n) is 6.28. The molecule has 5 heteroatoms. The largest absolute Gasteiger partial charge is 0.330 e. The van der Waals surface area contributed by atoms with Gasteiger partial charge in [-0.3, -0.25) is 4.90 Å². The van der Waals surface area contributed by atoms with Crippen LogP contribution in [-0.4, -0.2) is 47.5 Å². The van der Waals surface area contributed by atoms with Crippen molar-refractivity contribution < 1.29 is 10.6 Å². The molecule has 4 heterocycles. The molecule has 0 aromatic heterocycles. The third-order valence-corrected chi connectivity index (χ3v) is 6.28. The molecule has 2 aromatic rings. The molecule has 0 radical (unpaired) electrons. The molecular formula is C22H26FN3O. The molecule has 2 bridgehead atoms. The van der Waals surface area contributed by atoms with Gasteiger partial charge in [0.15, 0.2) is 0 Å². The predicted molar refractivity (Wildman–Crippen MR) is 104 cm³/mol. The Labute approximate surface area is 160 Å². The zero-order valence-electron chi connectivity index (χ0n) is 15.3. The summed E-state index contributed by atoms with van der Waals surface area (Å²) in [7, 11) is 0. The normalized spacial score (nSPS) is 28.9. The quantitative estimate of drug-likeness (QED) is 0.881. The number of rotatable bonds is 2. The number of urea groups is 1. The number of hydrogen-bond acceptors (Lipinski definition) is 2. The van der Waals surface area contributed by atoms with Crippen molar-refractivity contribution in [3.8, 4) is 0 Å². The van der Waals surface area contributed by atoms with Gasteiger partial charge in [-0.15, -0.1) is 0 Å². The maximum absolute atomic E-state index is 13.5. The van der Waals surface area contributed by atoms with E-state index in [2.05, 4.69) is 22.3 Å². The van der Waals surface area contributed by atoms with Crippen LogP contribution >= 0.6 is 0 Å². The van der Waals surface area contributed by atoms with Crippen LogP contribution in [0, 0.1) is 5.82 Å². The minimum Gasteiger partial charge on any atom is -0.330 e. The maximum atomic E-state index is 13.5. The van der Waals surface area contributed by atoms with Crippen LogP contribution < -0.4 is 5.32 Å². The molecule has 4 aliphatic rings. The lowest BCUT2D eigenvalue weighted by molar-refractivity contribution is -0.00248. The van der Waals surface area contributed by atoms with Gasteiger partial charge in [-0.05, 0) is 54.6 Å². The molecule has 0 aliphatic carbocycles. The maximum Gasteiger partial charge on any atom is 0.318 e. The molecule has 6 rings (SSSR count). The van der Waals surface area contributed by atoms with Crippen molar-refractivity contribution in [1.29, 1.82) is 0 Å². The van der Waals surface area contributed by atoms with Crippen LogP contribution in [0.25, 0.3) is 0 Å². The van der Waals surface area contributed by atoms with E-state index in [0.717, 1.165) is 50.0 Å². The molecule has 142 valence electrons. The highest BCUT2D eigenvalue weighted by Gasteiger charge is 2.47. The lowest BCUT2D eigenvalue weighted by atomic mass is 9.80. The molecule has 3 saturated heterocycles. The van der Waals surface area contributed by atoms with Crippen LogP contribution in [0.2, 0.25) is 0 Å². The minimum absolute atomic E-state index is 0. The Morgan fingerprint density at radius 2 is 1.89 bits per heavy atom. The molecule has 0 saturated carbocycles. The highest BCUT2D eigenvalue weighted by molar-refractivity contribution is 5.77. The second-order valence-electron chi connectivity index (χ2n) is 8.12. The number of amides is 2. The van der Waals surface area contributed by atoms with Gasteiger partial charge in [-0.1, -0.05) is 36.4 Å². The van der Waals surface area contributed by atoms with Gasteiger partial charge >= 0.3 is 6.03 Å². The topological polar surface area (TPSA) is 35.6 Å². The Balaban J connectivity index is 0.00000192. The first-order valence-electron chi connectivity index (χ1n) is 9.78. The van der Waals surface area contributed by atoms with E-state index >= 15 is 0 Å². The number of benzene rings is 2. The summed E-state index contributed by atoms with van der Waals surface area (Å²) in [5, 5.41) is 3.34. The fraction of sp³-hybridized carbons (Fsp3) is 0.409. The Kier molecular flexibility index (Phi) is 3.93. The van der Waals surface area contributed by atoms with Crippen LogP contribution in [0.4, 0.5) is 9.18 Å². The highest BCUT2D eigenvalue weighted by Crippen LogP contribution is 2.37. The Morgan fingerprint density at radius 3 is 2.63 bits per heavy atom. The molecule has 1 atom stereocenters. The molecule has 0 unspecified atom stereocenters. The van der Waals surface area contributed by atoms with E-state index in [1.54, 1.807) is 12.1 Å². The van der Waals surface area contributed by atoms with E-state index in [9.17, 15) is 9.18 Å². The van der Waals surface area contributed by atoms with Gasteiger partial charge in [0, 0.05) is 21.1 Å². The van der Waals surface area contributed by atoms with E-state index in [-0.39, 0.29) is 24.9 Å². The number of fused-ring (bicyclic) bond motifs is 3. The zero-order valence-corrected chi connectivity index (χ0v) is 15.3.